The van der Waals surface area contributed by atoms with Crippen LogP contribution in [0, 0.1) is 0 Å². The van der Waals surface area contributed by atoms with Crippen LogP contribution in [0.5, 0.6) is 0 Å². The summed E-state index contributed by atoms with van der Waals surface area (Å²) >= 11 is 0. The first-order valence-electron chi connectivity index (χ1n) is 5.34. The molecule has 0 radical (unpaired) electrons. The molecule has 0 heterocycles. The van der Waals surface area contributed by atoms with Crippen LogP contribution in [0.15, 0.2) is 0 Å². The van der Waals surface area contributed by atoms with Crippen molar-refractivity contribution in [3.63, 3.8) is 0 Å². The van der Waals surface area contributed by atoms with Crippen LogP contribution < -0.4 is 11.1 Å². The summed E-state index contributed by atoms with van der Waals surface area (Å²) in [5, 5.41) is 2.93. The van der Waals surface area contributed by atoms with E-state index in [2.05, 4.69) is 24.1 Å². The van der Waals surface area contributed by atoms with Crippen molar-refractivity contribution in [1.82, 2.24) is 10.2 Å². The summed E-state index contributed by atoms with van der Waals surface area (Å²) in [5.74, 6) is -0.273. The first kappa shape index (κ1) is 13.4. The number of carbonyl (C=O) groups is 1. The average Bonchev–Trinajstić information content (AvgIpc) is 2.14. The zero-order chi connectivity index (χ0) is 11.0. The Kier molecular flexibility index (Phi) is 7.42. The Morgan fingerprint density at radius 2 is 1.86 bits per heavy atom. The van der Waals surface area contributed by atoms with Gasteiger partial charge >= 0.3 is 0 Å². The van der Waals surface area contributed by atoms with E-state index in [-0.39, 0.29) is 11.9 Å². The van der Waals surface area contributed by atoms with Gasteiger partial charge in [0.05, 0.1) is 6.04 Å². The molecule has 0 spiro atoms. The number of hydrogen-bond acceptors (Lipinski definition) is 3. The Labute approximate surface area is 86.8 Å². The lowest BCUT2D eigenvalue weighted by molar-refractivity contribution is -0.120. The van der Waals surface area contributed by atoms with E-state index in [1.54, 1.807) is 7.05 Å². The lowest BCUT2D eigenvalue weighted by Gasteiger charge is -2.24. The van der Waals surface area contributed by atoms with Gasteiger partial charge < -0.3 is 16.0 Å². The minimum Gasteiger partial charge on any atom is -0.368 e. The summed E-state index contributed by atoms with van der Waals surface area (Å²) in [6.07, 6.45) is 2.21. The second kappa shape index (κ2) is 7.76. The third-order valence-corrected chi connectivity index (χ3v) is 2.21. The van der Waals surface area contributed by atoms with E-state index in [0.717, 1.165) is 25.9 Å². The van der Waals surface area contributed by atoms with Gasteiger partial charge in [-0.3, -0.25) is 4.79 Å². The number of likely N-dealkylation sites (N-methyl/N-ethyl adjacent to an activating group) is 1. The van der Waals surface area contributed by atoms with Crippen LogP contribution in [-0.2, 0) is 4.79 Å². The number of hydrogen-bond donors (Lipinski definition) is 2. The van der Waals surface area contributed by atoms with Gasteiger partial charge in [0.1, 0.15) is 0 Å². The number of nitrogens with two attached hydrogens (primary N) is 1. The van der Waals surface area contributed by atoms with Gasteiger partial charge in [0.2, 0.25) is 5.91 Å². The molecule has 0 rings (SSSR count). The molecular weight excluding hydrogens is 178 g/mol. The topological polar surface area (TPSA) is 58.4 Å². The third-order valence-electron chi connectivity index (χ3n) is 2.21. The number of nitrogens with one attached hydrogen (secondary N) is 1. The molecule has 0 saturated heterocycles. The second-order valence-electron chi connectivity index (χ2n) is 3.54. The summed E-state index contributed by atoms with van der Waals surface area (Å²) in [5.41, 5.74) is 5.26. The van der Waals surface area contributed by atoms with Gasteiger partial charge in [-0.05, 0) is 33.0 Å². The molecule has 0 aliphatic heterocycles. The molecule has 0 aromatic carbocycles. The maximum Gasteiger partial charge on any atom is 0.235 e. The fourth-order valence-electron chi connectivity index (χ4n) is 1.51. The molecule has 14 heavy (non-hydrogen) atoms. The summed E-state index contributed by atoms with van der Waals surface area (Å²) < 4.78 is 0. The normalized spacial score (nSPS) is 13.1. The highest BCUT2D eigenvalue weighted by atomic mass is 16.1. The van der Waals surface area contributed by atoms with E-state index in [9.17, 15) is 4.79 Å². The van der Waals surface area contributed by atoms with Gasteiger partial charge in [-0.2, -0.15) is 0 Å². The highest BCUT2D eigenvalue weighted by molar-refractivity contribution is 5.80. The minimum atomic E-state index is -0.273. The number of rotatable bonds is 8. The van der Waals surface area contributed by atoms with Gasteiger partial charge in [0.25, 0.3) is 0 Å². The van der Waals surface area contributed by atoms with Crippen molar-refractivity contribution in [2.75, 3.05) is 26.7 Å². The molecule has 0 saturated carbocycles. The summed E-state index contributed by atoms with van der Waals surface area (Å²) in [6, 6.07) is -0.229. The van der Waals surface area contributed by atoms with Gasteiger partial charge in [-0.25, -0.2) is 0 Å². The lowest BCUT2D eigenvalue weighted by Crippen LogP contribution is -2.48. The van der Waals surface area contributed by atoms with Crippen LogP contribution >= 0.6 is 0 Å². The summed E-state index contributed by atoms with van der Waals surface area (Å²) in [4.78, 5) is 13.3. The fraction of sp³-hybridized carbons (Fsp3) is 0.900. The molecule has 1 atom stereocenters. The maximum absolute atomic E-state index is 11.0. The predicted octanol–water partition coefficient (Wildman–Crippen LogP) is 0.182. The van der Waals surface area contributed by atoms with E-state index in [1.165, 1.54) is 0 Å². The highest BCUT2D eigenvalue weighted by Crippen LogP contribution is 1.96. The molecule has 0 aromatic rings. The Hall–Kier alpha value is -0.610. The third kappa shape index (κ3) is 5.19. The zero-order valence-corrected chi connectivity index (χ0v) is 9.55. The number of nitrogens with zero attached hydrogens (tertiary/aromatic N) is 1. The molecule has 0 aliphatic rings. The molecular formula is C10H23N3O. The van der Waals surface area contributed by atoms with Gasteiger partial charge in [-0.1, -0.05) is 13.8 Å². The molecule has 0 bridgehead atoms. The molecule has 0 aromatic heterocycles. The molecule has 84 valence electrons. The molecule has 3 N–H and O–H groups in total. The molecule has 1 amide bonds. The predicted molar refractivity (Wildman–Crippen MR) is 59.1 cm³/mol. The van der Waals surface area contributed by atoms with Crippen molar-refractivity contribution in [2.24, 2.45) is 5.73 Å². The van der Waals surface area contributed by atoms with Gasteiger partial charge in [-0.15, -0.1) is 0 Å². The fourth-order valence-corrected chi connectivity index (χ4v) is 1.51. The minimum absolute atomic E-state index is 0.229. The number of amides is 1. The first-order chi connectivity index (χ1) is 6.65. The Balaban J connectivity index is 4.03. The van der Waals surface area contributed by atoms with Crippen LogP contribution in [-0.4, -0.2) is 43.5 Å². The average molecular weight is 201 g/mol. The monoisotopic (exact) mass is 201 g/mol. The van der Waals surface area contributed by atoms with E-state index in [0.29, 0.717) is 6.54 Å². The maximum atomic E-state index is 11.0. The second-order valence-corrected chi connectivity index (χ2v) is 3.54. The van der Waals surface area contributed by atoms with Gasteiger partial charge in [0, 0.05) is 6.54 Å². The van der Waals surface area contributed by atoms with Gasteiger partial charge in [0.15, 0.2) is 0 Å². The Bertz CT molecular complexity index is 155. The van der Waals surface area contributed by atoms with E-state index >= 15 is 0 Å². The van der Waals surface area contributed by atoms with E-state index < -0.39 is 0 Å². The largest absolute Gasteiger partial charge is 0.368 e. The Morgan fingerprint density at radius 1 is 1.36 bits per heavy atom. The van der Waals surface area contributed by atoms with Crippen molar-refractivity contribution < 1.29 is 4.79 Å². The summed E-state index contributed by atoms with van der Waals surface area (Å²) in [7, 11) is 1.77. The molecule has 4 nitrogen and oxygen atoms in total. The lowest BCUT2D eigenvalue weighted by atomic mass is 10.2. The first-order valence-corrected chi connectivity index (χ1v) is 5.34. The van der Waals surface area contributed by atoms with Crippen molar-refractivity contribution in [3.8, 4) is 0 Å². The molecule has 0 fully saturated rings. The van der Waals surface area contributed by atoms with Crippen molar-refractivity contribution in [2.45, 2.75) is 32.7 Å². The smallest absolute Gasteiger partial charge is 0.235 e. The zero-order valence-electron chi connectivity index (χ0n) is 9.55. The van der Waals surface area contributed by atoms with E-state index in [1.807, 2.05) is 0 Å². The van der Waals surface area contributed by atoms with Crippen LogP contribution in [0.2, 0.25) is 0 Å². The van der Waals surface area contributed by atoms with Crippen LogP contribution in [0.1, 0.15) is 26.7 Å². The highest BCUT2D eigenvalue weighted by Gasteiger charge is 2.15. The van der Waals surface area contributed by atoms with Crippen molar-refractivity contribution >= 4 is 5.91 Å². The molecule has 4 heteroatoms. The van der Waals surface area contributed by atoms with E-state index in [4.69, 9.17) is 5.73 Å². The Morgan fingerprint density at radius 3 is 2.14 bits per heavy atom. The van der Waals surface area contributed by atoms with Crippen molar-refractivity contribution in [3.05, 3.63) is 0 Å². The summed E-state index contributed by atoms with van der Waals surface area (Å²) in [6.45, 7) is 7.05. The van der Waals surface area contributed by atoms with Crippen LogP contribution in [0.3, 0.4) is 0 Å². The molecule has 0 aliphatic carbocycles. The SMILES string of the molecule is CCCN(CCC)CC(NC)C(N)=O. The number of carbonyl (C=O) groups excluding carboxylic acids is 1. The van der Waals surface area contributed by atoms with Crippen LogP contribution in [0.25, 0.3) is 0 Å². The molecule has 1 unspecified atom stereocenters. The quantitative estimate of drug-likeness (QED) is 0.589. The van der Waals surface area contributed by atoms with Crippen LogP contribution in [0.4, 0.5) is 0 Å². The van der Waals surface area contributed by atoms with Crippen molar-refractivity contribution in [1.29, 1.82) is 0 Å². The number of primary amides is 1. The standard InChI is InChI=1S/C10H23N3O/c1-4-6-13(7-5-2)8-9(12-3)10(11)14/h9,12H,4-8H2,1-3H3,(H2,11,14).